The lowest BCUT2D eigenvalue weighted by atomic mass is 9.99. The maximum Gasteiger partial charge on any atom is 0.188 e. The molecule has 1 aromatic rings. The van der Waals surface area contributed by atoms with E-state index in [0.717, 1.165) is 36.1 Å². The average molecular weight is 230 g/mol. The van der Waals surface area contributed by atoms with E-state index >= 15 is 0 Å². The molecule has 0 aromatic heterocycles. The van der Waals surface area contributed by atoms with Crippen LogP contribution in [0.25, 0.3) is 0 Å². The Balaban J connectivity index is 2.15. The Labute approximate surface area is 102 Å². The number of ether oxygens (including phenoxy) is 1. The van der Waals surface area contributed by atoms with E-state index < -0.39 is 0 Å². The van der Waals surface area contributed by atoms with Crippen LogP contribution in [0.15, 0.2) is 35.9 Å². The molecule has 2 heteroatoms. The number of Topliss-reactive ketones (excluding diaryl/α,β-unsaturated/α-hetero) is 1. The van der Waals surface area contributed by atoms with E-state index in [2.05, 4.69) is 6.08 Å². The first kappa shape index (κ1) is 11.9. The lowest BCUT2D eigenvalue weighted by molar-refractivity contribution is 0.103. The molecule has 0 radical (unpaired) electrons. The van der Waals surface area contributed by atoms with E-state index in [1.54, 1.807) is 7.11 Å². The van der Waals surface area contributed by atoms with E-state index in [9.17, 15) is 4.79 Å². The Hall–Kier alpha value is -1.57. The summed E-state index contributed by atoms with van der Waals surface area (Å²) in [7, 11) is 1.63. The fourth-order valence-electron chi connectivity index (χ4n) is 2.15. The van der Waals surface area contributed by atoms with Gasteiger partial charge in [0, 0.05) is 5.56 Å². The zero-order valence-electron chi connectivity index (χ0n) is 10.2. The first-order chi connectivity index (χ1) is 8.31. The Morgan fingerprint density at radius 3 is 2.59 bits per heavy atom. The van der Waals surface area contributed by atoms with Crippen molar-refractivity contribution in [1.29, 1.82) is 0 Å². The van der Waals surface area contributed by atoms with Crippen LogP contribution < -0.4 is 4.74 Å². The number of benzene rings is 1. The zero-order chi connectivity index (χ0) is 12.1. The first-order valence-electron chi connectivity index (χ1n) is 6.19. The number of allylic oxidation sites excluding steroid dienone is 2. The van der Waals surface area contributed by atoms with Gasteiger partial charge in [0.05, 0.1) is 7.11 Å². The van der Waals surface area contributed by atoms with Crippen molar-refractivity contribution in [3.05, 3.63) is 41.5 Å². The lowest BCUT2D eigenvalue weighted by Gasteiger charge is -2.05. The Morgan fingerprint density at radius 1 is 1.12 bits per heavy atom. The average Bonchev–Trinajstić information content (AvgIpc) is 2.67. The van der Waals surface area contributed by atoms with Gasteiger partial charge in [0.2, 0.25) is 0 Å². The SMILES string of the molecule is COc1ccc(C(=O)C2=CCCCCC2)cc1. The molecule has 0 unspecified atom stereocenters. The molecular formula is C15H18O2. The van der Waals surface area contributed by atoms with Crippen molar-refractivity contribution < 1.29 is 9.53 Å². The van der Waals surface area contributed by atoms with E-state index in [0.29, 0.717) is 0 Å². The summed E-state index contributed by atoms with van der Waals surface area (Å²) in [4.78, 5) is 12.2. The van der Waals surface area contributed by atoms with Crippen molar-refractivity contribution in [1.82, 2.24) is 0 Å². The Kier molecular flexibility index (Phi) is 3.97. The summed E-state index contributed by atoms with van der Waals surface area (Å²) in [6.07, 6.45) is 7.64. The summed E-state index contributed by atoms with van der Waals surface area (Å²) >= 11 is 0. The monoisotopic (exact) mass is 230 g/mol. The topological polar surface area (TPSA) is 26.3 Å². The van der Waals surface area contributed by atoms with Crippen LogP contribution in [0.5, 0.6) is 5.75 Å². The number of methoxy groups -OCH3 is 1. The smallest absolute Gasteiger partial charge is 0.188 e. The fourth-order valence-corrected chi connectivity index (χ4v) is 2.15. The van der Waals surface area contributed by atoms with Gasteiger partial charge in [-0.05, 0) is 55.5 Å². The van der Waals surface area contributed by atoms with E-state index in [1.165, 1.54) is 12.8 Å². The lowest BCUT2D eigenvalue weighted by Crippen LogP contribution is -2.03. The molecule has 1 aliphatic rings. The molecule has 0 aliphatic heterocycles. The zero-order valence-corrected chi connectivity index (χ0v) is 10.2. The highest BCUT2D eigenvalue weighted by molar-refractivity contribution is 6.08. The van der Waals surface area contributed by atoms with Crippen LogP contribution in [0.1, 0.15) is 42.5 Å². The minimum atomic E-state index is 0.176. The van der Waals surface area contributed by atoms with Crippen molar-refractivity contribution in [2.45, 2.75) is 32.1 Å². The molecule has 0 saturated carbocycles. The minimum absolute atomic E-state index is 0.176. The molecule has 0 fully saturated rings. The van der Waals surface area contributed by atoms with Gasteiger partial charge in [-0.25, -0.2) is 0 Å². The molecule has 17 heavy (non-hydrogen) atoms. The van der Waals surface area contributed by atoms with Crippen LogP contribution in [-0.2, 0) is 0 Å². The Bertz CT molecular complexity index is 415. The van der Waals surface area contributed by atoms with Gasteiger partial charge in [-0.15, -0.1) is 0 Å². The van der Waals surface area contributed by atoms with Gasteiger partial charge in [-0.2, -0.15) is 0 Å². The highest BCUT2D eigenvalue weighted by Crippen LogP contribution is 2.22. The van der Waals surface area contributed by atoms with Gasteiger partial charge < -0.3 is 4.74 Å². The number of carbonyl (C=O) groups is 1. The number of carbonyl (C=O) groups excluding carboxylic acids is 1. The second kappa shape index (κ2) is 5.67. The molecule has 0 saturated heterocycles. The van der Waals surface area contributed by atoms with E-state index in [1.807, 2.05) is 24.3 Å². The summed E-state index contributed by atoms with van der Waals surface area (Å²) < 4.78 is 5.09. The molecule has 90 valence electrons. The highest BCUT2D eigenvalue weighted by atomic mass is 16.5. The highest BCUT2D eigenvalue weighted by Gasteiger charge is 2.13. The van der Waals surface area contributed by atoms with Crippen molar-refractivity contribution in [2.24, 2.45) is 0 Å². The van der Waals surface area contributed by atoms with E-state index in [-0.39, 0.29) is 5.78 Å². The van der Waals surface area contributed by atoms with Crippen LogP contribution in [0, 0.1) is 0 Å². The number of hydrogen-bond acceptors (Lipinski definition) is 2. The molecule has 2 nitrogen and oxygen atoms in total. The largest absolute Gasteiger partial charge is 0.497 e. The van der Waals surface area contributed by atoms with Crippen molar-refractivity contribution in [3.63, 3.8) is 0 Å². The quantitative estimate of drug-likeness (QED) is 0.739. The van der Waals surface area contributed by atoms with Crippen molar-refractivity contribution in [3.8, 4) is 5.75 Å². The standard InChI is InChI=1S/C15H18O2/c1-17-14-10-8-13(9-11-14)15(16)12-6-4-2-3-5-7-12/h6,8-11H,2-5,7H2,1H3. The van der Waals surface area contributed by atoms with Crippen LogP contribution >= 0.6 is 0 Å². The predicted octanol–water partition coefficient (Wildman–Crippen LogP) is 3.77. The van der Waals surface area contributed by atoms with Gasteiger partial charge in [0.25, 0.3) is 0 Å². The molecule has 2 rings (SSSR count). The van der Waals surface area contributed by atoms with Crippen LogP contribution in [0.4, 0.5) is 0 Å². The third-order valence-electron chi connectivity index (χ3n) is 3.18. The summed E-state index contributed by atoms with van der Waals surface area (Å²) in [5.74, 6) is 0.964. The molecule has 0 N–H and O–H groups in total. The third-order valence-corrected chi connectivity index (χ3v) is 3.18. The van der Waals surface area contributed by atoms with Crippen molar-refractivity contribution >= 4 is 5.78 Å². The maximum absolute atomic E-state index is 12.2. The van der Waals surface area contributed by atoms with Crippen molar-refractivity contribution in [2.75, 3.05) is 7.11 Å². The number of hydrogen-bond donors (Lipinski definition) is 0. The number of rotatable bonds is 3. The summed E-state index contributed by atoms with van der Waals surface area (Å²) in [5.41, 5.74) is 1.74. The molecule has 0 heterocycles. The normalized spacial score (nSPS) is 15.9. The fraction of sp³-hybridized carbons (Fsp3) is 0.400. The second-order valence-electron chi connectivity index (χ2n) is 4.39. The molecule has 0 atom stereocenters. The molecule has 0 bridgehead atoms. The second-order valence-corrected chi connectivity index (χ2v) is 4.39. The van der Waals surface area contributed by atoms with E-state index in [4.69, 9.17) is 4.74 Å². The number of ketones is 1. The molecule has 0 amide bonds. The minimum Gasteiger partial charge on any atom is -0.497 e. The molecule has 0 spiro atoms. The predicted molar refractivity (Wildman–Crippen MR) is 68.5 cm³/mol. The summed E-state index contributed by atoms with van der Waals surface area (Å²) in [6.45, 7) is 0. The van der Waals surface area contributed by atoms with Crippen LogP contribution in [0.3, 0.4) is 0 Å². The first-order valence-corrected chi connectivity index (χ1v) is 6.19. The van der Waals surface area contributed by atoms with Crippen LogP contribution in [-0.4, -0.2) is 12.9 Å². The summed E-state index contributed by atoms with van der Waals surface area (Å²) in [6, 6.07) is 7.36. The van der Waals surface area contributed by atoms with Gasteiger partial charge in [-0.1, -0.05) is 12.5 Å². The third kappa shape index (κ3) is 2.96. The van der Waals surface area contributed by atoms with Gasteiger partial charge in [0.15, 0.2) is 5.78 Å². The maximum atomic E-state index is 12.2. The summed E-state index contributed by atoms with van der Waals surface area (Å²) in [5, 5.41) is 0. The van der Waals surface area contributed by atoms with Gasteiger partial charge in [-0.3, -0.25) is 4.79 Å². The van der Waals surface area contributed by atoms with Crippen LogP contribution in [0.2, 0.25) is 0 Å². The van der Waals surface area contributed by atoms with Gasteiger partial charge >= 0.3 is 0 Å². The Morgan fingerprint density at radius 2 is 1.88 bits per heavy atom. The van der Waals surface area contributed by atoms with Gasteiger partial charge in [0.1, 0.15) is 5.75 Å². The molecular weight excluding hydrogens is 212 g/mol. The molecule has 1 aliphatic carbocycles. The molecule has 1 aromatic carbocycles.